The lowest BCUT2D eigenvalue weighted by Gasteiger charge is -2.31. The van der Waals surface area contributed by atoms with Crippen LogP contribution in [0.15, 0.2) is 48.5 Å². The lowest BCUT2D eigenvalue weighted by atomic mass is 10.1. The van der Waals surface area contributed by atoms with E-state index in [0.717, 1.165) is 17.4 Å². The van der Waals surface area contributed by atoms with Gasteiger partial charge in [0.2, 0.25) is 21.8 Å². The van der Waals surface area contributed by atoms with Gasteiger partial charge < -0.3 is 15.0 Å². The van der Waals surface area contributed by atoms with E-state index in [1.807, 2.05) is 52.0 Å². The SMILES string of the molecule is CC[C@H](C(=O)NC(C)C)N(Cc1cccc(C)c1)C(=O)CCCN(c1ccc(OC)cc1)S(C)(=O)=O. The third-order valence-corrected chi connectivity index (χ3v) is 6.96. The lowest BCUT2D eigenvalue weighted by Crippen LogP contribution is -2.50. The number of carbonyl (C=O) groups is 2. The molecular weight excluding hydrogens is 478 g/mol. The van der Waals surface area contributed by atoms with Crippen molar-refractivity contribution < 1.29 is 22.7 Å². The molecule has 36 heavy (non-hydrogen) atoms. The zero-order valence-electron chi connectivity index (χ0n) is 22.2. The molecule has 0 unspecified atom stereocenters. The first-order valence-electron chi connectivity index (χ1n) is 12.2. The summed E-state index contributed by atoms with van der Waals surface area (Å²) in [4.78, 5) is 28.0. The van der Waals surface area contributed by atoms with Crippen LogP contribution in [0.3, 0.4) is 0 Å². The molecule has 2 amide bonds. The molecule has 0 saturated heterocycles. The number of rotatable bonds is 13. The summed E-state index contributed by atoms with van der Waals surface area (Å²) < 4.78 is 31.4. The second kappa shape index (κ2) is 13.3. The van der Waals surface area contributed by atoms with Crippen molar-refractivity contribution in [1.29, 1.82) is 0 Å². The molecular formula is C27H39N3O5S. The largest absolute Gasteiger partial charge is 0.497 e. The minimum atomic E-state index is -3.55. The molecule has 0 aliphatic rings. The molecule has 1 atom stereocenters. The molecule has 198 valence electrons. The maximum absolute atomic E-state index is 13.4. The number of sulfonamides is 1. The molecule has 0 spiro atoms. The van der Waals surface area contributed by atoms with Gasteiger partial charge in [0.05, 0.1) is 19.1 Å². The second-order valence-electron chi connectivity index (χ2n) is 9.23. The maximum atomic E-state index is 13.4. The van der Waals surface area contributed by atoms with Gasteiger partial charge in [-0.1, -0.05) is 36.8 Å². The highest BCUT2D eigenvalue weighted by atomic mass is 32.2. The number of hydrogen-bond acceptors (Lipinski definition) is 5. The van der Waals surface area contributed by atoms with Gasteiger partial charge in [-0.25, -0.2) is 8.42 Å². The fourth-order valence-corrected chi connectivity index (χ4v) is 5.03. The van der Waals surface area contributed by atoms with Crippen LogP contribution in [0.25, 0.3) is 0 Å². The monoisotopic (exact) mass is 517 g/mol. The van der Waals surface area contributed by atoms with Gasteiger partial charge in [-0.05, 0) is 63.4 Å². The maximum Gasteiger partial charge on any atom is 0.243 e. The minimum absolute atomic E-state index is 0.0460. The van der Waals surface area contributed by atoms with Crippen LogP contribution < -0.4 is 14.4 Å². The smallest absolute Gasteiger partial charge is 0.243 e. The highest BCUT2D eigenvalue weighted by Crippen LogP contribution is 2.22. The number of methoxy groups -OCH3 is 1. The van der Waals surface area contributed by atoms with Gasteiger partial charge in [0, 0.05) is 25.6 Å². The van der Waals surface area contributed by atoms with Crippen LogP contribution in [0.4, 0.5) is 5.69 Å². The van der Waals surface area contributed by atoms with Gasteiger partial charge in [0.25, 0.3) is 0 Å². The average Bonchev–Trinajstić information content (AvgIpc) is 2.80. The molecule has 8 nitrogen and oxygen atoms in total. The Morgan fingerprint density at radius 3 is 2.28 bits per heavy atom. The fraction of sp³-hybridized carbons (Fsp3) is 0.481. The van der Waals surface area contributed by atoms with E-state index in [1.165, 1.54) is 4.31 Å². The molecule has 9 heteroatoms. The lowest BCUT2D eigenvalue weighted by molar-refractivity contribution is -0.141. The van der Waals surface area contributed by atoms with Crippen molar-refractivity contribution in [3.05, 3.63) is 59.7 Å². The standard InChI is InChI=1S/C27H39N3O5S/c1-7-25(27(32)28-20(2)3)29(19-22-11-8-10-21(4)18-22)26(31)12-9-17-30(36(6,33)34)23-13-15-24(35-5)16-14-23/h8,10-11,13-16,18,20,25H,7,9,12,17,19H2,1-6H3,(H,28,32)/t25-/m1/s1. The molecule has 2 aromatic rings. The predicted molar refractivity (Wildman–Crippen MR) is 144 cm³/mol. The number of aryl methyl sites for hydroxylation is 1. The van der Waals surface area contributed by atoms with E-state index in [0.29, 0.717) is 30.8 Å². The summed E-state index contributed by atoms with van der Waals surface area (Å²) in [7, 11) is -2.01. The number of hydrogen-bond donors (Lipinski definition) is 1. The Kier molecular flexibility index (Phi) is 10.8. The Bertz CT molecular complexity index is 1120. The first kappa shape index (κ1) is 29.2. The van der Waals surface area contributed by atoms with Crippen molar-refractivity contribution in [1.82, 2.24) is 10.2 Å². The minimum Gasteiger partial charge on any atom is -0.497 e. The summed E-state index contributed by atoms with van der Waals surface area (Å²) in [5.74, 6) is 0.245. The molecule has 2 rings (SSSR count). The van der Waals surface area contributed by atoms with Crippen molar-refractivity contribution in [3.63, 3.8) is 0 Å². The zero-order chi connectivity index (χ0) is 26.9. The van der Waals surface area contributed by atoms with Gasteiger partial charge in [0.1, 0.15) is 11.8 Å². The van der Waals surface area contributed by atoms with Crippen LogP contribution in [0.1, 0.15) is 51.2 Å². The van der Waals surface area contributed by atoms with E-state index < -0.39 is 16.1 Å². The molecule has 0 fully saturated rings. The third-order valence-electron chi connectivity index (χ3n) is 5.76. The second-order valence-corrected chi connectivity index (χ2v) is 11.1. The molecule has 0 aliphatic heterocycles. The quantitative estimate of drug-likeness (QED) is 0.435. The van der Waals surface area contributed by atoms with E-state index in [9.17, 15) is 18.0 Å². The van der Waals surface area contributed by atoms with Crippen molar-refractivity contribution in [2.45, 2.75) is 65.6 Å². The van der Waals surface area contributed by atoms with Gasteiger partial charge in [-0.2, -0.15) is 0 Å². The summed E-state index contributed by atoms with van der Waals surface area (Å²) in [5, 5.41) is 2.92. The summed E-state index contributed by atoms with van der Waals surface area (Å²) in [6, 6.07) is 13.9. The Morgan fingerprint density at radius 2 is 1.75 bits per heavy atom. The number of anilines is 1. The zero-order valence-corrected chi connectivity index (χ0v) is 23.0. The number of nitrogens with one attached hydrogen (secondary N) is 1. The molecule has 0 aliphatic carbocycles. The molecule has 0 saturated carbocycles. The summed E-state index contributed by atoms with van der Waals surface area (Å²) >= 11 is 0. The van der Waals surface area contributed by atoms with Crippen LogP contribution in [0.2, 0.25) is 0 Å². The Hall–Kier alpha value is -3.07. The topological polar surface area (TPSA) is 96.0 Å². The normalized spacial score (nSPS) is 12.2. The molecule has 0 heterocycles. The van der Waals surface area contributed by atoms with E-state index in [2.05, 4.69) is 5.32 Å². The van der Waals surface area contributed by atoms with Gasteiger partial charge in [-0.3, -0.25) is 13.9 Å². The van der Waals surface area contributed by atoms with Gasteiger partial charge >= 0.3 is 0 Å². The van der Waals surface area contributed by atoms with Crippen molar-refractivity contribution in [3.8, 4) is 5.75 Å². The number of carbonyl (C=O) groups excluding carboxylic acids is 2. The third kappa shape index (κ3) is 8.55. The number of benzene rings is 2. The van der Waals surface area contributed by atoms with E-state index in [1.54, 1.807) is 36.3 Å². The first-order valence-corrected chi connectivity index (χ1v) is 14.1. The first-order chi connectivity index (χ1) is 17.0. The fourth-order valence-electron chi connectivity index (χ4n) is 4.06. The Balaban J connectivity index is 2.21. The molecule has 0 aromatic heterocycles. The Labute approximate surface area is 215 Å². The van der Waals surface area contributed by atoms with Crippen LogP contribution in [-0.4, -0.2) is 57.1 Å². The average molecular weight is 518 g/mol. The summed E-state index contributed by atoms with van der Waals surface area (Å²) in [6.45, 7) is 8.09. The van der Waals surface area contributed by atoms with Crippen LogP contribution >= 0.6 is 0 Å². The Morgan fingerprint density at radius 1 is 1.08 bits per heavy atom. The number of nitrogens with zero attached hydrogens (tertiary/aromatic N) is 2. The van der Waals surface area contributed by atoms with E-state index in [-0.39, 0.29) is 30.8 Å². The highest BCUT2D eigenvalue weighted by Gasteiger charge is 2.29. The van der Waals surface area contributed by atoms with Crippen molar-refractivity contribution >= 4 is 27.5 Å². The van der Waals surface area contributed by atoms with E-state index >= 15 is 0 Å². The number of ether oxygens (including phenoxy) is 1. The van der Waals surface area contributed by atoms with Crippen LogP contribution in [0.5, 0.6) is 5.75 Å². The number of amides is 2. The van der Waals surface area contributed by atoms with Crippen LogP contribution in [0, 0.1) is 6.92 Å². The molecule has 2 aromatic carbocycles. The van der Waals surface area contributed by atoms with Gasteiger partial charge in [0.15, 0.2) is 0 Å². The van der Waals surface area contributed by atoms with E-state index in [4.69, 9.17) is 4.74 Å². The highest BCUT2D eigenvalue weighted by molar-refractivity contribution is 7.92. The summed E-state index contributed by atoms with van der Waals surface area (Å²) in [6.07, 6.45) is 2.04. The predicted octanol–water partition coefficient (Wildman–Crippen LogP) is 3.88. The molecule has 0 radical (unpaired) electrons. The summed E-state index contributed by atoms with van der Waals surface area (Å²) in [5.41, 5.74) is 2.52. The molecule has 1 N–H and O–H groups in total. The van der Waals surface area contributed by atoms with Gasteiger partial charge in [-0.15, -0.1) is 0 Å². The molecule has 0 bridgehead atoms. The van der Waals surface area contributed by atoms with Crippen LogP contribution in [-0.2, 0) is 26.2 Å². The van der Waals surface area contributed by atoms with Crippen molar-refractivity contribution in [2.75, 3.05) is 24.2 Å². The van der Waals surface area contributed by atoms with Crippen molar-refractivity contribution in [2.24, 2.45) is 0 Å².